The number of nitrogens with one attached hydrogen (secondary N) is 1. The van der Waals surface area contributed by atoms with E-state index in [9.17, 15) is 4.79 Å². The highest BCUT2D eigenvalue weighted by molar-refractivity contribution is 5.94. The Balaban J connectivity index is 1.66. The summed E-state index contributed by atoms with van der Waals surface area (Å²) in [6.45, 7) is 4.42. The van der Waals surface area contributed by atoms with Crippen LogP contribution in [0.15, 0.2) is 54.6 Å². The Bertz CT molecular complexity index is 639. The van der Waals surface area contributed by atoms with Crippen molar-refractivity contribution < 1.29 is 4.79 Å². The fraction of sp³-hybridized carbons (Fsp3) is 0.316. The molecule has 1 fully saturated rings. The lowest BCUT2D eigenvalue weighted by molar-refractivity contribution is 0.0703. The van der Waals surface area contributed by atoms with Gasteiger partial charge in [0, 0.05) is 31.2 Å². The number of aryl methyl sites for hydroxylation is 1. The summed E-state index contributed by atoms with van der Waals surface area (Å²) >= 11 is 0. The zero-order valence-electron chi connectivity index (χ0n) is 13.0. The molecule has 114 valence electrons. The van der Waals surface area contributed by atoms with Crippen LogP contribution in [0.4, 0.5) is 0 Å². The molecule has 0 aromatic heterocycles. The third-order valence-electron chi connectivity index (χ3n) is 4.13. The molecule has 22 heavy (non-hydrogen) atoms. The summed E-state index contributed by atoms with van der Waals surface area (Å²) < 4.78 is 0. The van der Waals surface area contributed by atoms with Crippen molar-refractivity contribution in [2.24, 2.45) is 0 Å². The van der Waals surface area contributed by atoms with Crippen molar-refractivity contribution in [3.8, 4) is 0 Å². The summed E-state index contributed by atoms with van der Waals surface area (Å²) in [5.74, 6) is 0.142. The fourth-order valence-electron chi connectivity index (χ4n) is 3.01. The zero-order valence-corrected chi connectivity index (χ0v) is 13.0. The van der Waals surface area contributed by atoms with E-state index in [4.69, 9.17) is 0 Å². The number of carbonyl (C=O) groups excluding carboxylic acids is 1. The Kier molecular flexibility index (Phi) is 4.54. The van der Waals surface area contributed by atoms with E-state index >= 15 is 0 Å². The highest BCUT2D eigenvalue weighted by atomic mass is 16.2. The molecule has 0 radical (unpaired) electrons. The lowest BCUT2D eigenvalue weighted by Crippen LogP contribution is -2.53. The molecule has 1 aliphatic rings. The second-order valence-corrected chi connectivity index (χ2v) is 5.96. The molecular weight excluding hydrogens is 272 g/mol. The molecule has 1 aliphatic heterocycles. The average molecular weight is 294 g/mol. The molecule has 0 spiro atoms. The van der Waals surface area contributed by atoms with Crippen molar-refractivity contribution >= 4 is 5.91 Å². The Hall–Kier alpha value is -2.13. The van der Waals surface area contributed by atoms with Gasteiger partial charge in [-0.05, 0) is 31.0 Å². The second kappa shape index (κ2) is 6.75. The number of hydrogen-bond acceptors (Lipinski definition) is 2. The van der Waals surface area contributed by atoms with E-state index in [0.717, 1.165) is 37.2 Å². The van der Waals surface area contributed by atoms with E-state index in [1.165, 1.54) is 5.56 Å². The van der Waals surface area contributed by atoms with E-state index in [-0.39, 0.29) is 5.91 Å². The summed E-state index contributed by atoms with van der Waals surface area (Å²) in [5, 5.41) is 3.52. The number of rotatable bonds is 3. The van der Waals surface area contributed by atoms with Gasteiger partial charge in [-0.25, -0.2) is 0 Å². The second-order valence-electron chi connectivity index (χ2n) is 5.96. The molecular formula is C19H22N2O. The van der Waals surface area contributed by atoms with E-state index in [1.807, 2.05) is 42.2 Å². The van der Waals surface area contributed by atoms with Crippen molar-refractivity contribution in [1.82, 2.24) is 10.2 Å². The molecule has 1 unspecified atom stereocenters. The zero-order chi connectivity index (χ0) is 15.4. The van der Waals surface area contributed by atoms with Crippen LogP contribution >= 0.6 is 0 Å². The predicted octanol–water partition coefficient (Wildman–Crippen LogP) is 2.65. The van der Waals surface area contributed by atoms with Crippen molar-refractivity contribution in [3.63, 3.8) is 0 Å². The summed E-state index contributed by atoms with van der Waals surface area (Å²) in [6, 6.07) is 18.6. The van der Waals surface area contributed by atoms with E-state index in [1.54, 1.807) is 0 Å². The largest absolute Gasteiger partial charge is 0.336 e. The normalized spacial score (nSPS) is 18.2. The van der Waals surface area contributed by atoms with Crippen LogP contribution in [0.1, 0.15) is 21.5 Å². The average Bonchev–Trinajstić information content (AvgIpc) is 2.55. The van der Waals surface area contributed by atoms with Gasteiger partial charge in [-0.15, -0.1) is 0 Å². The maximum atomic E-state index is 12.6. The number of nitrogens with zero attached hydrogens (tertiary/aromatic N) is 1. The molecule has 3 nitrogen and oxygen atoms in total. The van der Waals surface area contributed by atoms with Gasteiger partial charge in [0.2, 0.25) is 0 Å². The van der Waals surface area contributed by atoms with Crippen LogP contribution in [0.25, 0.3) is 0 Å². The fourth-order valence-corrected chi connectivity index (χ4v) is 3.01. The summed E-state index contributed by atoms with van der Waals surface area (Å²) in [6.07, 6.45) is 0.957. The Morgan fingerprint density at radius 2 is 2.00 bits per heavy atom. The topological polar surface area (TPSA) is 32.3 Å². The third kappa shape index (κ3) is 3.55. The molecule has 1 heterocycles. The highest BCUT2D eigenvalue weighted by Gasteiger charge is 2.24. The first-order chi connectivity index (χ1) is 10.7. The minimum atomic E-state index is 0.142. The molecule has 2 aromatic rings. The van der Waals surface area contributed by atoms with Crippen LogP contribution in [0.2, 0.25) is 0 Å². The first-order valence-corrected chi connectivity index (χ1v) is 7.85. The molecule has 1 amide bonds. The SMILES string of the molecule is Cc1cccc(C(=O)N2CCNC(Cc3ccccc3)C2)c1. The van der Waals surface area contributed by atoms with Crippen LogP contribution in [-0.2, 0) is 6.42 Å². The van der Waals surface area contributed by atoms with E-state index in [2.05, 4.69) is 29.6 Å². The van der Waals surface area contributed by atoms with E-state index in [0.29, 0.717) is 6.04 Å². The number of piperazine rings is 1. The molecule has 3 rings (SSSR count). The Labute approximate surface area is 132 Å². The van der Waals surface area contributed by atoms with Crippen LogP contribution in [0.5, 0.6) is 0 Å². The summed E-state index contributed by atoms with van der Waals surface area (Å²) in [5.41, 5.74) is 3.23. The summed E-state index contributed by atoms with van der Waals surface area (Å²) in [7, 11) is 0. The number of benzene rings is 2. The molecule has 1 N–H and O–H groups in total. The van der Waals surface area contributed by atoms with Crippen molar-refractivity contribution in [1.29, 1.82) is 0 Å². The van der Waals surface area contributed by atoms with Gasteiger partial charge in [-0.1, -0.05) is 48.0 Å². The van der Waals surface area contributed by atoms with Crippen LogP contribution in [0.3, 0.4) is 0 Å². The Morgan fingerprint density at radius 3 is 2.77 bits per heavy atom. The van der Waals surface area contributed by atoms with Crippen LogP contribution in [-0.4, -0.2) is 36.5 Å². The van der Waals surface area contributed by atoms with Gasteiger partial charge >= 0.3 is 0 Å². The van der Waals surface area contributed by atoms with Gasteiger partial charge in [0.25, 0.3) is 5.91 Å². The molecule has 0 bridgehead atoms. The lowest BCUT2D eigenvalue weighted by atomic mass is 10.0. The number of carbonyl (C=O) groups is 1. The minimum Gasteiger partial charge on any atom is -0.336 e. The minimum absolute atomic E-state index is 0.142. The standard InChI is InChI=1S/C19H22N2O/c1-15-6-5-9-17(12-15)19(22)21-11-10-20-18(14-21)13-16-7-3-2-4-8-16/h2-9,12,18,20H,10-11,13-14H2,1H3. The molecule has 2 aromatic carbocycles. The summed E-state index contributed by atoms with van der Waals surface area (Å²) in [4.78, 5) is 14.6. The first kappa shape index (κ1) is 14.8. The van der Waals surface area contributed by atoms with Gasteiger partial charge in [-0.3, -0.25) is 4.79 Å². The van der Waals surface area contributed by atoms with Gasteiger partial charge in [0.05, 0.1) is 0 Å². The predicted molar refractivity (Wildman–Crippen MR) is 89.0 cm³/mol. The van der Waals surface area contributed by atoms with E-state index < -0.39 is 0 Å². The maximum absolute atomic E-state index is 12.6. The molecule has 0 aliphatic carbocycles. The van der Waals surface area contributed by atoms with Crippen molar-refractivity contribution in [2.75, 3.05) is 19.6 Å². The third-order valence-corrected chi connectivity index (χ3v) is 4.13. The quantitative estimate of drug-likeness (QED) is 0.944. The van der Waals surface area contributed by atoms with Gasteiger partial charge in [0.1, 0.15) is 0 Å². The monoisotopic (exact) mass is 294 g/mol. The van der Waals surface area contributed by atoms with Gasteiger partial charge in [-0.2, -0.15) is 0 Å². The number of amides is 1. The molecule has 0 saturated carbocycles. The molecule has 3 heteroatoms. The first-order valence-electron chi connectivity index (χ1n) is 7.85. The molecule has 1 saturated heterocycles. The molecule has 1 atom stereocenters. The van der Waals surface area contributed by atoms with Crippen molar-refractivity contribution in [3.05, 3.63) is 71.3 Å². The maximum Gasteiger partial charge on any atom is 0.253 e. The van der Waals surface area contributed by atoms with Crippen LogP contribution in [0, 0.1) is 6.92 Å². The number of hydrogen-bond donors (Lipinski definition) is 1. The Morgan fingerprint density at radius 1 is 1.18 bits per heavy atom. The smallest absolute Gasteiger partial charge is 0.253 e. The highest BCUT2D eigenvalue weighted by Crippen LogP contribution is 2.12. The van der Waals surface area contributed by atoms with Gasteiger partial charge in [0.15, 0.2) is 0 Å². The van der Waals surface area contributed by atoms with Crippen LogP contribution < -0.4 is 5.32 Å². The lowest BCUT2D eigenvalue weighted by Gasteiger charge is -2.34. The van der Waals surface area contributed by atoms with Gasteiger partial charge < -0.3 is 10.2 Å². The van der Waals surface area contributed by atoms with Crippen molar-refractivity contribution in [2.45, 2.75) is 19.4 Å².